The Bertz CT molecular complexity index is 1660. The topological polar surface area (TPSA) is 174 Å². The van der Waals surface area contributed by atoms with E-state index < -0.39 is 31.5 Å². The van der Waals surface area contributed by atoms with Gasteiger partial charge in [0.1, 0.15) is 11.1 Å². The molecule has 0 bridgehead atoms. The monoisotopic (exact) mass is 497 g/mol. The highest BCUT2D eigenvalue weighted by atomic mass is 32.2. The molecule has 0 radical (unpaired) electrons. The van der Waals surface area contributed by atoms with E-state index in [1.165, 1.54) is 30.5 Å². The fourth-order valence-electron chi connectivity index (χ4n) is 3.56. The highest BCUT2D eigenvalue weighted by Gasteiger charge is 2.25. The molecule has 4 aromatic rings. The lowest BCUT2D eigenvalue weighted by molar-refractivity contribution is -0.387. The smallest absolute Gasteiger partial charge is 0.354 e. The summed E-state index contributed by atoms with van der Waals surface area (Å²) in [5.74, 6) is -0.990. The molecule has 1 amide bonds. The van der Waals surface area contributed by atoms with Crippen LogP contribution in [0.3, 0.4) is 0 Å². The van der Waals surface area contributed by atoms with Gasteiger partial charge in [0.05, 0.1) is 28.3 Å². The molecule has 0 aliphatic rings. The van der Waals surface area contributed by atoms with Crippen molar-refractivity contribution in [1.29, 1.82) is 0 Å². The first-order valence-corrected chi connectivity index (χ1v) is 11.9. The maximum atomic E-state index is 13.1. The molecule has 0 fully saturated rings. The maximum Gasteiger partial charge on any atom is 0.354 e. The minimum Gasteiger partial charge on any atom is -0.461 e. The normalized spacial score (nSPS) is 12.2. The summed E-state index contributed by atoms with van der Waals surface area (Å²) in [5.41, 5.74) is 0.132. The van der Waals surface area contributed by atoms with Crippen LogP contribution < -0.4 is 10.7 Å². The lowest BCUT2D eigenvalue weighted by atomic mass is 10.1. The number of nitrogens with one attached hydrogen (secondary N) is 2. The van der Waals surface area contributed by atoms with Crippen molar-refractivity contribution in [1.82, 2.24) is 9.97 Å². The molecule has 35 heavy (non-hydrogen) atoms. The van der Waals surface area contributed by atoms with Gasteiger partial charge < -0.3 is 15.0 Å². The number of sulfonamides is 1. The van der Waals surface area contributed by atoms with Crippen molar-refractivity contribution in [2.45, 2.75) is 25.2 Å². The largest absolute Gasteiger partial charge is 0.461 e. The Morgan fingerprint density at radius 1 is 1.23 bits per heavy atom. The number of benzene rings is 2. The minimum absolute atomic E-state index is 0.109. The van der Waals surface area contributed by atoms with E-state index >= 15 is 0 Å². The molecule has 0 spiro atoms. The molecule has 0 atom stereocenters. The highest BCUT2D eigenvalue weighted by molar-refractivity contribution is 7.90. The summed E-state index contributed by atoms with van der Waals surface area (Å²) in [4.78, 5) is 41.7. The molecule has 2 N–H and O–H groups in total. The zero-order chi connectivity index (χ0) is 25.3. The molecule has 0 saturated heterocycles. The molecule has 2 heterocycles. The van der Waals surface area contributed by atoms with E-state index in [2.05, 4.69) is 19.7 Å². The first kappa shape index (κ1) is 23.8. The van der Waals surface area contributed by atoms with Crippen molar-refractivity contribution in [2.24, 2.45) is 4.40 Å². The van der Waals surface area contributed by atoms with E-state index in [1.807, 2.05) is 0 Å². The second-order valence-electron chi connectivity index (χ2n) is 7.35. The minimum atomic E-state index is -4.53. The number of pyridine rings is 1. The molecule has 0 aliphatic heterocycles. The third-order valence-electron chi connectivity index (χ3n) is 5.11. The van der Waals surface area contributed by atoms with Crippen LogP contribution in [0.2, 0.25) is 0 Å². The number of nitro benzene ring substituents is 1. The standard InChI is InChI=1S/C22H19N5O7S/c1-3-18(28)24-13-10-14(26-35(32,33)17-8-6-5-7-16(17)27(30)31)20-19-12(11-23-20)9-15(25-21(13)19)22(29)34-4-2/h5-11,25H,3-4H2,1-2H3,(H,24,28)/b26-14+. The zero-order valence-electron chi connectivity index (χ0n) is 18.6. The van der Waals surface area contributed by atoms with Gasteiger partial charge in [-0.25, -0.2) is 4.79 Å². The number of carbonyl (C=O) groups is 2. The first-order valence-electron chi connectivity index (χ1n) is 10.5. The second kappa shape index (κ2) is 9.10. The lowest BCUT2D eigenvalue weighted by Gasteiger charge is -2.11. The van der Waals surface area contributed by atoms with Crippen molar-refractivity contribution in [3.05, 3.63) is 63.8 Å². The Balaban J connectivity index is 2.02. The van der Waals surface area contributed by atoms with Crippen LogP contribution >= 0.6 is 0 Å². The van der Waals surface area contributed by atoms with Crippen LogP contribution in [0, 0.1) is 10.1 Å². The molecule has 2 aromatic carbocycles. The van der Waals surface area contributed by atoms with Gasteiger partial charge in [-0.2, -0.15) is 12.8 Å². The number of carbonyl (C=O) groups excluding carboxylic acids is 2. The Kier molecular flexibility index (Phi) is 6.18. The van der Waals surface area contributed by atoms with Gasteiger partial charge in [-0.05, 0) is 25.1 Å². The third kappa shape index (κ3) is 4.40. The van der Waals surface area contributed by atoms with E-state index in [9.17, 15) is 28.1 Å². The molecule has 0 aliphatic carbocycles. The van der Waals surface area contributed by atoms with Crippen molar-refractivity contribution >= 4 is 55.1 Å². The highest BCUT2D eigenvalue weighted by Crippen LogP contribution is 2.30. The number of hydrogen-bond donors (Lipinski definition) is 2. The summed E-state index contributed by atoms with van der Waals surface area (Å²) in [7, 11) is -4.53. The molecular weight excluding hydrogens is 478 g/mol. The van der Waals surface area contributed by atoms with Crippen LogP contribution in [0.1, 0.15) is 30.8 Å². The van der Waals surface area contributed by atoms with Gasteiger partial charge in [-0.15, -0.1) is 0 Å². The van der Waals surface area contributed by atoms with Gasteiger partial charge in [-0.3, -0.25) is 19.9 Å². The number of anilines is 1. The van der Waals surface area contributed by atoms with Crippen LogP contribution in [0.4, 0.5) is 11.4 Å². The molecule has 12 nitrogen and oxygen atoms in total. The number of amides is 1. The Hall–Kier alpha value is -4.39. The summed E-state index contributed by atoms with van der Waals surface area (Å²) in [6, 6.07) is 7.63. The van der Waals surface area contributed by atoms with Crippen LogP contribution in [0.25, 0.3) is 21.8 Å². The SMILES string of the molecule is CCOC(=O)c1cc2cnc3/c(=N/S(=O)(=O)c4ccccc4[N+](=O)[O-])cc(NC(=O)CC)c([nH]1)c23. The zero-order valence-corrected chi connectivity index (χ0v) is 19.4. The molecule has 0 saturated carbocycles. The van der Waals surface area contributed by atoms with Gasteiger partial charge in [0.15, 0.2) is 4.90 Å². The summed E-state index contributed by atoms with van der Waals surface area (Å²) in [5, 5.41) is 14.8. The van der Waals surface area contributed by atoms with Crippen LogP contribution in [0.15, 0.2) is 51.9 Å². The van der Waals surface area contributed by atoms with E-state index in [0.717, 1.165) is 12.1 Å². The Labute approximate surface area is 198 Å². The van der Waals surface area contributed by atoms with Crippen LogP contribution in [-0.4, -0.2) is 41.8 Å². The number of para-hydroxylation sites is 1. The Morgan fingerprint density at radius 2 is 1.97 bits per heavy atom. The third-order valence-corrected chi connectivity index (χ3v) is 6.45. The molecule has 13 heteroatoms. The number of aromatic nitrogens is 2. The van der Waals surface area contributed by atoms with E-state index in [1.54, 1.807) is 13.8 Å². The van der Waals surface area contributed by atoms with Crippen molar-refractivity contribution in [2.75, 3.05) is 11.9 Å². The van der Waals surface area contributed by atoms with Crippen LogP contribution in [-0.2, 0) is 19.6 Å². The van der Waals surface area contributed by atoms with E-state index in [4.69, 9.17) is 4.74 Å². The van der Waals surface area contributed by atoms with Crippen molar-refractivity contribution < 1.29 is 27.7 Å². The fraction of sp³-hybridized carbons (Fsp3) is 0.182. The number of ether oxygens (including phenoxy) is 1. The first-order chi connectivity index (χ1) is 16.7. The summed E-state index contributed by atoms with van der Waals surface area (Å²) in [6.45, 7) is 3.45. The van der Waals surface area contributed by atoms with Crippen molar-refractivity contribution in [3.8, 4) is 0 Å². The number of nitro groups is 1. The molecule has 4 rings (SSSR count). The predicted octanol–water partition coefficient (Wildman–Crippen LogP) is 2.88. The summed E-state index contributed by atoms with van der Waals surface area (Å²) in [6.07, 6.45) is 1.56. The Morgan fingerprint density at radius 3 is 2.66 bits per heavy atom. The number of nitrogens with zero attached hydrogens (tertiary/aromatic N) is 3. The molecular formula is C22H19N5O7S. The average molecular weight is 497 g/mol. The van der Waals surface area contributed by atoms with E-state index in [-0.39, 0.29) is 41.2 Å². The van der Waals surface area contributed by atoms with Gasteiger partial charge in [0.2, 0.25) is 5.91 Å². The maximum absolute atomic E-state index is 13.1. The number of hydrogen-bond acceptors (Lipinski definition) is 8. The van der Waals surface area contributed by atoms with Gasteiger partial charge >= 0.3 is 5.97 Å². The second-order valence-corrected chi connectivity index (χ2v) is 8.92. The molecule has 180 valence electrons. The van der Waals surface area contributed by atoms with Gasteiger partial charge in [0, 0.05) is 29.5 Å². The summed E-state index contributed by atoms with van der Waals surface area (Å²) < 4.78 is 35.0. The number of rotatable bonds is 7. The lowest BCUT2D eigenvalue weighted by Crippen LogP contribution is -2.16. The molecule has 2 aromatic heterocycles. The molecule has 0 unspecified atom stereocenters. The number of aromatic amines is 1. The predicted molar refractivity (Wildman–Crippen MR) is 126 cm³/mol. The number of H-pyrrole nitrogens is 1. The van der Waals surface area contributed by atoms with E-state index in [0.29, 0.717) is 16.3 Å². The van der Waals surface area contributed by atoms with Crippen molar-refractivity contribution in [3.63, 3.8) is 0 Å². The van der Waals surface area contributed by atoms with Gasteiger partial charge in [-0.1, -0.05) is 19.1 Å². The fourth-order valence-corrected chi connectivity index (χ4v) is 4.72. The van der Waals surface area contributed by atoms with Crippen LogP contribution in [0.5, 0.6) is 0 Å². The average Bonchev–Trinajstić information content (AvgIpc) is 3.26. The van der Waals surface area contributed by atoms with Gasteiger partial charge in [0.25, 0.3) is 15.7 Å². The quantitative estimate of drug-likeness (QED) is 0.223. The summed E-state index contributed by atoms with van der Waals surface area (Å²) >= 11 is 0. The number of esters is 1.